The Kier molecular flexibility index (Phi) is 3.65. The van der Waals surface area contributed by atoms with Gasteiger partial charge in [0.2, 0.25) is 20.0 Å². The summed E-state index contributed by atoms with van der Waals surface area (Å²) in [7, 11) is -7.96. The maximum absolute atomic E-state index is 11.6. The van der Waals surface area contributed by atoms with E-state index in [1.165, 1.54) is 36.4 Å². The Bertz CT molecular complexity index is 785. The first-order chi connectivity index (χ1) is 9.21. The zero-order valence-corrected chi connectivity index (χ0v) is 11.9. The first-order valence-electron chi connectivity index (χ1n) is 5.45. The van der Waals surface area contributed by atoms with Crippen LogP contribution in [0.1, 0.15) is 0 Å². The predicted octanol–water partition coefficient (Wildman–Crippen LogP) is 0.648. The second-order valence-electron chi connectivity index (χ2n) is 4.08. The molecular weight excluding hydrogens is 300 g/mol. The van der Waals surface area contributed by atoms with Gasteiger partial charge in [-0.15, -0.1) is 0 Å². The van der Waals surface area contributed by atoms with Crippen LogP contribution in [0.2, 0.25) is 0 Å². The Balaban J connectivity index is 2.85. The molecule has 2 rings (SSSR count). The van der Waals surface area contributed by atoms with Gasteiger partial charge in [-0.05, 0) is 12.1 Å². The van der Waals surface area contributed by atoms with Crippen molar-refractivity contribution in [3.8, 4) is 11.1 Å². The molecule has 0 fully saturated rings. The highest BCUT2D eigenvalue weighted by atomic mass is 32.2. The molecule has 0 bridgehead atoms. The number of rotatable bonds is 3. The lowest BCUT2D eigenvalue weighted by molar-refractivity contribution is 0.595. The molecule has 8 heteroatoms. The quantitative estimate of drug-likeness (QED) is 0.864. The van der Waals surface area contributed by atoms with E-state index in [1.54, 1.807) is 12.1 Å². The summed E-state index contributed by atoms with van der Waals surface area (Å²) in [6.07, 6.45) is 0. The lowest BCUT2D eigenvalue weighted by Crippen LogP contribution is -2.16. The molecule has 0 aliphatic rings. The molecule has 6 nitrogen and oxygen atoms in total. The van der Waals surface area contributed by atoms with Crippen LogP contribution in [0, 0.1) is 0 Å². The Morgan fingerprint density at radius 1 is 0.600 bits per heavy atom. The molecule has 20 heavy (non-hydrogen) atoms. The summed E-state index contributed by atoms with van der Waals surface area (Å²) in [6.45, 7) is 0. The van der Waals surface area contributed by atoms with Crippen LogP contribution < -0.4 is 10.3 Å². The van der Waals surface area contributed by atoms with Crippen molar-refractivity contribution in [2.45, 2.75) is 9.79 Å². The number of sulfonamides is 2. The smallest absolute Gasteiger partial charge is 0.225 e. The largest absolute Gasteiger partial charge is 0.238 e. The summed E-state index contributed by atoms with van der Waals surface area (Å²) in [4.78, 5) is -0.313. The van der Waals surface area contributed by atoms with Crippen molar-refractivity contribution in [1.29, 1.82) is 0 Å². The molecule has 2 aromatic rings. The topological polar surface area (TPSA) is 120 Å². The molecule has 2 aromatic carbocycles. The highest BCUT2D eigenvalue weighted by Gasteiger charge is 2.20. The van der Waals surface area contributed by atoms with E-state index >= 15 is 0 Å². The molecule has 0 aliphatic carbocycles. The van der Waals surface area contributed by atoms with Gasteiger partial charge in [-0.25, -0.2) is 27.1 Å². The maximum Gasteiger partial charge on any atom is 0.238 e. The van der Waals surface area contributed by atoms with E-state index in [0.29, 0.717) is 0 Å². The van der Waals surface area contributed by atoms with Gasteiger partial charge < -0.3 is 0 Å². The van der Waals surface area contributed by atoms with Gasteiger partial charge in [-0.1, -0.05) is 36.4 Å². The SMILES string of the molecule is NS(=O)(=O)c1ccccc1-c1ccccc1S(N)(=O)=O. The molecule has 106 valence electrons. The van der Waals surface area contributed by atoms with Crippen molar-refractivity contribution >= 4 is 20.0 Å². The van der Waals surface area contributed by atoms with Crippen LogP contribution in [0.4, 0.5) is 0 Å². The van der Waals surface area contributed by atoms with Crippen molar-refractivity contribution in [2.75, 3.05) is 0 Å². The number of hydrogen-bond acceptors (Lipinski definition) is 4. The van der Waals surface area contributed by atoms with E-state index in [4.69, 9.17) is 10.3 Å². The van der Waals surface area contributed by atoms with Gasteiger partial charge >= 0.3 is 0 Å². The van der Waals surface area contributed by atoms with Gasteiger partial charge in [0.15, 0.2) is 0 Å². The van der Waals surface area contributed by atoms with Crippen LogP contribution in [0.5, 0.6) is 0 Å². The monoisotopic (exact) mass is 312 g/mol. The molecule has 0 spiro atoms. The molecule has 0 atom stereocenters. The molecule has 0 unspecified atom stereocenters. The van der Waals surface area contributed by atoms with Crippen LogP contribution in [0.25, 0.3) is 11.1 Å². The highest BCUT2D eigenvalue weighted by molar-refractivity contribution is 7.89. The molecule has 0 radical (unpaired) electrons. The molecular formula is C12H12N2O4S2. The summed E-state index contributed by atoms with van der Waals surface area (Å²) in [5.74, 6) is 0. The minimum absolute atomic E-state index is 0.156. The Labute approximate surface area is 117 Å². The first kappa shape index (κ1) is 14.7. The van der Waals surface area contributed by atoms with Crippen LogP contribution in [0.15, 0.2) is 58.3 Å². The summed E-state index contributed by atoms with van der Waals surface area (Å²) in [5.41, 5.74) is 0.388. The number of benzene rings is 2. The molecule has 0 heterocycles. The van der Waals surface area contributed by atoms with Crippen LogP contribution in [-0.4, -0.2) is 16.8 Å². The Morgan fingerprint density at radius 2 is 0.900 bits per heavy atom. The first-order valence-corrected chi connectivity index (χ1v) is 8.54. The van der Waals surface area contributed by atoms with Crippen molar-refractivity contribution in [3.05, 3.63) is 48.5 Å². The van der Waals surface area contributed by atoms with Crippen molar-refractivity contribution < 1.29 is 16.8 Å². The second-order valence-corrected chi connectivity index (χ2v) is 7.14. The molecule has 0 aromatic heterocycles. The van der Waals surface area contributed by atoms with E-state index in [9.17, 15) is 16.8 Å². The fraction of sp³-hybridized carbons (Fsp3) is 0. The summed E-state index contributed by atoms with van der Waals surface area (Å²) in [6, 6.07) is 11.8. The number of primary sulfonamides is 2. The lowest BCUT2D eigenvalue weighted by Gasteiger charge is -2.11. The average molecular weight is 312 g/mol. The third-order valence-electron chi connectivity index (χ3n) is 2.68. The summed E-state index contributed by atoms with van der Waals surface area (Å²) >= 11 is 0. The van der Waals surface area contributed by atoms with Crippen molar-refractivity contribution in [3.63, 3.8) is 0 Å². The standard InChI is InChI=1S/C12H12N2O4S2/c13-19(15,16)11-7-3-1-5-9(11)10-6-2-4-8-12(10)20(14,17)18/h1-8H,(H2,13,15,16)(H2,14,17,18). The predicted molar refractivity (Wildman–Crippen MR) is 74.6 cm³/mol. The Hall–Kier alpha value is -1.74. The minimum atomic E-state index is -3.98. The fourth-order valence-electron chi connectivity index (χ4n) is 1.87. The fourth-order valence-corrected chi connectivity index (χ4v) is 3.38. The van der Waals surface area contributed by atoms with E-state index < -0.39 is 20.0 Å². The van der Waals surface area contributed by atoms with Gasteiger partial charge in [0.1, 0.15) is 0 Å². The van der Waals surface area contributed by atoms with Crippen molar-refractivity contribution in [1.82, 2.24) is 0 Å². The van der Waals surface area contributed by atoms with Gasteiger partial charge in [-0.2, -0.15) is 0 Å². The van der Waals surface area contributed by atoms with Crippen LogP contribution in [0.3, 0.4) is 0 Å². The van der Waals surface area contributed by atoms with E-state index in [2.05, 4.69) is 0 Å². The van der Waals surface area contributed by atoms with Gasteiger partial charge in [0.05, 0.1) is 9.79 Å². The third-order valence-corrected chi connectivity index (χ3v) is 4.62. The van der Waals surface area contributed by atoms with Crippen LogP contribution in [-0.2, 0) is 20.0 Å². The average Bonchev–Trinajstić information content (AvgIpc) is 2.37. The molecule has 0 aliphatic heterocycles. The number of nitrogens with two attached hydrogens (primary N) is 2. The van der Waals surface area contributed by atoms with Crippen LogP contribution >= 0.6 is 0 Å². The van der Waals surface area contributed by atoms with E-state index in [-0.39, 0.29) is 20.9 Å². The lowest BCUT2D eigenvalue weighted by atomic mass is 10.1. The molecule has 0 saturated carbocycles. The summed E-state index contributed by atoms with van der Waals surface area (Å²) < 4.78 is 46.3. The Morgan fingerprint density at radius 3 is 1.20 bits per heavy atom. The maximum atomic E-state index is 11.6. The highest BCUT2D eigenvalue weighted by Crippen LogP contribution is 2.31. The van der Waals surface area contributed by atoms with Gasteiger partial charge in [0.25, 0.3) is 0 Å². The van der Waals surface area contributed by atoms with E-state index in [1.807, 2.05) is 0 Å². The third kappa shape index (κ3) is 2.88. The minimum Gasteiger partial charge on any atom is -0.225 e. The zero-order valence-electron chi connectivity index (χ0n) is 10.2. The molecule has 0 amide bonds. The van der Waals surface area contributed by atoms with E-state index in [0.717, 1.165) is 0 Å². The second kappa shape index (κ2) is 4.98. The van der Waals surface area contributed by atoms with Gasteiger partial charge in [0, 0.05) is 11.1 Å². The summed E-state index contributed by atoms with van der Waals surface area (Å²) in [5, 5.41) is 10.3. The normalized spacial score (nSPS) is 12.3. The molecule has 0 saturated heterocycles. The van der Waals surface area contributed by atoms with Crippen molar-refractivity contribution in [2.24, 2.45) is 10.3 Å². The van der Waals surface area contributed by atoms with Gasteiger partial charge in [-0.3, -0.25) is 0 Å². The number of hydrogen-bond donors (Lipinski definition) is 2. The zero-order chi connectivity index (χ0) is 15.0. The molecule has 4 N–H and O–H groups in total.